The second kappa shape index (κ2) is 6.38. The molecule has 102 valence electrons. The Kier molecular flexibility index (Phi) is 4.58. The summed E-state index contributed by atoms with van der Waals surface area (Å²) < 4.78 is 7.57. The highest BCUT2D eigenvalue weighted by Gasteiger charge is 2.16. The third-order valence-electron chi connectivity index (χ3n) is 3.14. The van der Waals surface area contributed by atoms with Gasteiger partial charge < -0.3 is 10.1 Å². The predicted octanol–water partition coefficient (Wildman–Crippen LogP) is 2.61. The predicted molar refractivity (Wildman–Crippen MR) is 76.4 cm³/mol. The Hall–Kier alpha value is -1.81. The number of hydrogen-bond donors (Lipinski definition) is 1. The third-order valence-corrected chi connectivity index (χ3v) is 3.14. The first-order valence-electron chi connectivity index (χ1n) is 6.71. The topological polar surface area (TPSA) is 39.1 Å². The van der Waals surface area contributed by atoms with Crippen LogP contribution in [0.3, 0.4) is 0 Å². The van der Waals surface area contributed by atoms with E-state index in [1.54, 1.807) is 0 Å². The smallest absolute Gasteiger partial charge is 0.119 e. The van der Waals surface area contributed by atoms with Gasteiger partial charge in [0.1, 0.15) is 5.75 Å². The first-order valence-corrected chi connectivity index (χ1v) is 6.71. The van der Waals surface area contributed by atoms with E-state index in [1.165, 1.54) is 11.3 Å². The number of nitrogens with zero attached hydrogens (tertiary/aromatic N) is 2. The Morgan fingerprint density at radius 2 is 2.16 bits per heavy atom. The molecule has 0 aliphatic carbocycles. The standard InChI is InChI=1S/C15H21N3O/c1-4-18-14(9-10-17-18)15(16-3)12-7-6-8-13(11-12)19-5-2/h6-11,15-16H,4-5H2,1-3H3. The van der Waals surface area contributed by atoms with Gasteiger partial charge in [-0.1, -0.05) is 12.1 Å². The van der Waals surface area contributed by atoms with Crippen molar-refractivity contribution in [3.63, 3.8) is 0 Å². The van der Waals surface area contributed by atoms with Crippen molar-refractivity contribution >= 4 is 0 Å². The molecule has 0 bridgehead atoms. The summed E-state index contributed by atoms with van der Waals surface area (Å²) in [6.07, 6.45) is 1.84. The Bertz CT molecular complexity index is 522. The van der Waals surface area contributed by atoms with Gasteiger partial charge in [-0.3, -0.25) is 4.68 Å². The second-order valence-electron chi connectivity index (χ2n) is 4.30. The van der Waals surface area contributed by atoms with Crippen LogP contribution in [0.4, 0.5) is 0 Å². The lowest BCUT2D eigenvalue weighted by molar-refractivity contribution is 0.339. The van der Waals surface area contributed by atoms with Crippen molar-refractivity contribution in [2.75, 3.05) is 13.7 Å². The Morgan fingerprint density at radius 1 is 1.32 bits per heavy atom. The molecule has 1 aromatic carbocycles. The van der Waals surface area contributed by atoms with E-state index in [4.69, 9.17) is 4.74 Å². The molecule has 0 radical (unpaired) electrons. The number of rotatable bonds is 6. The molecule has 4 nitrogen and oxygen atoms in total. The van der Waals surface area contributed by atoms with Gasteiger partial charge in [0.25, 0.3) is 0 Å². The highest BCUT2D eigenvalue weighted by atomic mass is 16.5. The average molecular weight is 259 g/mol. The SMILES string of the molecule is CCOc1cccc(C(NC)c2ccnn2CC)c1. The highest BCUT2D eigenvalue weighted by molar-refractivity contribution is 5.34. The van der Waals surface area contributed by atoms with Crippen molar-refractivity contribution in [3.8, 4) is 5.75 Å². The summed E-state index contributed by atoms with van der Waals surface area (Å²) in [5.41, 5.74) is 2.35. The number of aryl methyl sites for hydroxylation is 1. The van der Waals surface area contributed by atoms with Gasteiger partial charge in [-0.25, -0.2) is 0 Å². The van der Waals surface area contributed by atoms with Crippen molar-refractivity contribution in [3.05, 3.63) is 47.8 Å². The van der Waals surface area contributed by atoms with E-state index < -0.39 is 0 Å². The molecule has 0 aliphatic rings. The van der Waals surface area contributed by atoms with Crippen LogP contribution in [0.25, 0.3) is 0 Å². The summed E-state index contributed by atoms with van der Waals surface area (Å²) in [6, 6.07) is 10.4. The van der Waals surface area contributed by atoms with E-state index in [-0.39, 0.29) is 6.04 Å². The van der Waals surface area contributed by atoms with Crippen LogP contribution < -0.4 is 10.1 Å². The molecular weight excluding hydrogens is 238 g/mol. The quantitative estimate of drug-likeness (QED) is 0.866. The molecule has 0 spiro atoms. The van der Waals surface area contributed by atoms with Crippen molar-refractivity contribution in [1.29, 1.82) is 0 Å². The number of aromatic nitrogens is 2. The molecular formula is C15H21N3O. The summed E-state index contributed by atoms with van der Waals surface area (Å²) in [5.74, 6) is 0.905. The van der Waals surface area contributed by atoms with E-state index in [1.807, 2.05) is 37.0 Å². The summed E-state index contributed by atoms with van der Waals surface area (Å²) in [5, 5.41) is 7.68. The van der Waals surface area contributed by atoms with Gasteiger partial charge in [-0.05, 0) is 44.7 Å². The normalized spacial score (nSPS) is 12.4. The maximum atomic E-state index is 5.56. The Labute approximate surface area is 114 Å². The zero-order valence-electron chi connectivity index (χ0n) is 11.8. The largest absolute Gasteiger partial charge is 0.494 e. The number of nitrogens with one attached hydrogen (secondary N) is 1. The zero-order valence-corrected chi connectivity index (χ0v) is 11.8. The minimum absolute atomic E-state index is 0.128. The minimum atomic E-state index is 0.128. The first-order chi connectivity index (χ1) is 9.30. The third kappa shape index (κ3) is 2.96. The van der Waals surface area contributed by atoms with Gasteiger partial charge in [0.15, 0.2) is 0 Å². The molecule has 1 heterocycles. The Balaban J connectivity index is 2.34. The zero-order chi connectivity index (χ0) is 13.7. The molecule has 0 fully saturated rings. The molecule has 2 rings (SSSR count). The molecule has 0 aliphatic heterocycles. The minimum Gasteiger partial charge on any atom is -0.494 e. The lowest BCUT2D eigenvalue weighted by atomic mass is 10.0. The number of hydrogen-bond acceptors (Lipinski definition) is 3. The van der Waals surface area contributed by atoms with Crippen molar-refractivity contribution in [2.45, 2.75) is 26.4 Å². The molecule has 1 aromatic heterocycles. The van der Waals surface area contributed by atoms with E-state index in [2.05, 4.69) is 35.5 Å². The monoisotopic (exact) mass is 259 g/mol. The Morgan fingerprint density at radius 3 is 2.84 bits per heavy atom. The maximum Gasteiger partial charge on any atom is 0.119 e. The number of ether oxygens (including phenoxy) is 1. The van der Waals surface area contributed by atoms with E-state index in [9.17, 15) is 0 Å². The summed E-state index contributed by atoms with van der Waals surface area (Å²) >= 11 is 0. The highest BCUT2D eigenvalue weighted by Crippen LogP contribution is 2.24. The van der Waals surface area contributed by atoms with Crippen LogP contribution in [0.15, 0.2) is 36.5 Å². The molecule has 4 heteroatoms. The van der Waals surface area contributed by atoms with Crippen LogP contribution in [-0.2, 0) is 6.54 Å². The van der Waals surface area contributed by atoms with Gasteiger partial charge >= 0.3 is 0 Å². The molecule has 1 atom stereocenters. The fourth-order valence-corrected chi connectivity index (χ4v) is 2.29. The summed E-state index contributed by atoms with van der Waals surface area (Å²) in [6.45, 7) is 5.64. The molecule has 0 saturated heterocycles. The van der Waals surface area contributed by atoms with E-state index >= 15 is 0 Å². The molecule has 0 saturated carbocycles. The molecule has 2 aromatic rings. The van der Waals surface area contributed by atoms with Gasteiger partial charge in [-0.15, -0.1) is 0 Å². The van der Waals surface area contributed by atoms with Gasteiger partial charge in [0.2, 0.25) is 0 Å². The van der Waals surface area contributed by atoms with Gasteiger partial charge in [-0.2, -0.15) is 5.10 Å². The van der Waals surface area contributed by atoms with E-state index in [0.29, 0.717) is 6.61 Å². The van der Waals surface area contributed by atoms with Crippen LogP contribution >= 0.6 is 0 Å². The number of benzene rings is 1. The van der Waals surface area contributed by atoms with Crippen LogP contribution in [0.2, 0.25) is 0 Å². The van der Waals surface area contributed by atoms with Gasteiger partial charge in [0, 0.05) is 12.7 Å². The summed E-state index contributed by atoms with van der Waals surface area (Å²) in [4.78, 5) is 0. The fourth-order valence-electron chi connectivity index (χ4n) is 2.29. The maximum absolute atomic E-state index is 5.56. The van der Waals surface area contributed by atoms with E-state index in [0.717, 1.165) is 12.3 Å². The molecule has 19 heavy (non-hydrogen) atoms. The molecule has 1 unspecified atom stereocenters. The van der Waals surface area contributed by atoms with Crippen LogP contribution in [-0.4, -0.2) is 23.4 Å². The average Bonchev–Trinajstić information content (AvgIpc) is 2.89. The second-order valence-corrected chi connectivity index (χ2v) is 4.30. The van der Waals surface area contributed by atoms with Gasteiger partial charge in [0.05, 0.1) is 18.3 Å². The lowest BCUT2D eigenvalue weighted by Crippen LogP contribution is -2.21. The van der Waals surface area contributed by atoms with Crippen LogP contribution in [0.1, 0.15) is 31.1 Å². The molecule has 0 amide bonds. The van der Waals surface area contributed by atoms with Crippen molar-refractivity contribution in [1.82, 2.24) is 15.1 Å². The van der Waals surface area contributed by atoms with Crippen LogP contribution in [0, 0.1) is 0 Å². The molecule has 1 N–H and O–H groups in total. The van der Waals surface area contributed by atoms with Crippen molar-refractivity contribution < 1.29 is 4.74 Å². The van der Waals surface area contributed by atoms with Crippen molar-refractivity contribution in [2.24, 2.45) is 0 Å². The van der Waals surface area contributed by atoms with Crippen LogP contribution in [0.5, 0.6) is 5.75 Å². The summed E-state index contributed by atoms with van der Waals surface area (Å²) in [7, 11) is 1.96. The fraction of sp³-hybridized carbons (Fsp3) is 0.400. The lowest BCUT2D eigenvalue weighted by Gasteiger charge is -2.18. The first kappa shape index (κ1) is 13.6.